The fraction of sp³-hybridized carbons (Fsp3) is 0.600. The Hall–Kier alpha value is -1.58. The van der Waals surface area contributed by atoms with Gasteiger partial charge >= 0.3 is 0 Å². The molecule has 0 radical (unpaired) electrons. The van der Waals surface area contributed by atoms with Crippen LogP contribution in [0, 0.1) is 0 Å². The van der Waals surface area contributed by atoms with Gasteiger partial charge in [0.2, 0.25) is 5.88 Å². The lowest BCUT2D eigenvalue weighted by atomic mass is 10.1. The summed E-state index contributed by atoms with van der Waals surface area (Å²) in [5, 5.41) is 3.11. The Bertz CT molecular complexity index is 395. The average Bonchev–Trinajstić information content (AvgIpc) is 2.68. The van der Waals surface area contributed by atoms with E-state index in [4.69, 9.17) is 4.74 Å². The maximum atomic E-state index is 12.1. The average molecular weight is 262 g/mol. The van der Waals surface area contributed by atoms with Gasteiger partial charge in [-0.2, -0.15) is 0 Å². The van der Waals surface area contributed by atoms with Crippen molar-refractivity contribution in [1.82, 2.24) is 10.3 Å². The highest BCUT2D eigenvalue weighted by Gasteiger charge is 2.15. The first-order chi connectivity index (χ1) is 9.29. The summed E-state index contributed by atoms with van der Waals surface area (Å²) in [5.41, 5.74) is 0.604. The lowest BCUT2D eigenvalue weighted by Gasteiger charge is -2.16. The van der Waals surface area contributed by atoms with E-state index in [1.54, 1.807) is 18.3 Å². The highest BCUT2D eigenvalue weighted by atomic mass is 16.5. The van der Waals surface area contributed by atoms with Crippen molar-refractivity contribution in [3.8, 4) is 5.88 Å². The molecule has 0 bridgehead atoms. The van der Waals surface area contributed by atoms with Crippen LogP contribution in [0.2, 0.25) is 0 Å². The molecule has 0 atom stereocenters. The van der Waals surface area contributed by atoms with Gasteiger partial charge in [0.05, 0.1) is 12.2 Å². The van der Waals surface area contributed by atoms with Crippen molar-refractivity contribution >= 4 is 5.91 Å². The number of amides is 1. The number of aromatic nitrogens is 1. The van der Waals surface area contributed by atoms with Crippen LogP contribution < -0.4 is 10.1 Å². The van der Waals surface area contributed by atoms with Gasteiger partial charge in [-0.1, -0.05) is 25.7 Å². The molecule has 0 unspecified atom stereocenters. The van der Waals surface area contributed by atoms with Gasteiger partial charge in [-0.05, 0) is 25.8 Å². The third-order valence-electron chi connectivity index (χ3n) is 3.48. The minimum atomic E-state index is -0.0255. The van der Waals surface area contributed by atoms with Gasteiger partial charge in [0.1, 0.15) is 0 Å². The zero-order valence-electron chi connectivity index (χ0n) is 11.5. The molecular formula is C15H22N2O2. The van der Waals surface area contributed by atoms with E-state index in [-0.39, 0.29) is 5.91 Å². The Kier molecular flexibility index (Phi) is 5.19. The van der Waals surface area contributed by atoms with Gasteiger partial charge in [-0.15, -0.1) is 0 Å². The molecule has 2 rings (SSSR count). The quantitative estimate of drug-likeness (QED) is 0.849. The summed E-state index contributed by atoms with van der Waals surface area (Å²) in [6, 6.07) is 3.83. The molecular weight excluding hydrogens is 240 g/mol. The molecule has 1 amide bonds. The number of hydrogen-bond donors (Lipinski definition) is 1. The molecule has 1 aromatic rings. The van der Waals surface area contributed by atoms with Crippen LogP contribution in [-0.2, 0) is 0 Å². The van der Waals surface area contributed by atoms with Crippen LogP contribution in [-0.4, -0.2) is 23.5 Å². The second-order valence-electron chi connectivity index (χ2n) is 4.98. The van der Waals surface area contributed by atoms with E-state index in [2.05, 4.69) is 10.3 Å². The maximum Gasteiger partial charge on any atom is 0.253 e. The van der Waals surface area contributed by atoms with Crippen molar-refractivity contribution in [2.75, 3.05) is 6.61 Å². The fourth-order valence-electron chi connectivity index (χ4n) is 2.44. The molecule has 0 aliphatic heterocycles. The highest BCUT2D eigenvalue weighted by Crippen LogP contribution is 2.17. The molecule has 0 spiro atoms. The van der Waals surface area contributed by atoms with Crippen molar-refractivity contribution in [1.29, 1.82) is 0 Å². The van der Waals surface area contributed by atoms with Crippen molar-refractivity contribution < 1.29 is 9.53 Å². The minimum Gasteiger partial charge on any atom is -0.478 e. The number of carbonyl (C=O) groups excluding carboxylic acids is 1. The molecule has 19 heavy (non-hydrogen) atoms. The van der Waals surface area contributed by atoms with E-state index < -0.39 is 0 Å². The predicted molar refractivity (Wildman–Crippen MR) is 74.4 cm³/mol. The maximum absolute atomic E-state index is 12.1. The predicted octanol–water partition coefficient (Wildman–Crippen LogP) is 2.93. The minimum absolute atomic E-state index is 0.0255. The number of pyridine rings is 1. The van der Waals surface area contributed by atoms with Crippen LogP contribution in [0.4, 0.5) is 0 Å². The molecule has 1 N–H and O–H groups in total. The monoisotopic (exact) mass is 262 g/mol. The fourth-order valence-corrected chi connectivity index (χ4v) is 2.44. The molecule has 1 aliphatic rings. The highest BCUT2D eigenvalue weighted by molar-refractivity contribution is 5.94. The van der Waals surface area contributed by atoms with Crippen LogP contribution in [0.25, 0.3) is 0 Å². The Morgan fingerprint density at radius 1 is 1.32 bits per heavy atom. The smallest absolute Gasteiger partial charge is 0.253 e. The molecule has 1 saturated carbocycles. The zero-order chi connectivity index (χ0) is 13.5. The van der Waals surface area contributed by atoms with Crippen LogP contribution >= 0.6 is 0 Å². The first-order valence-electron chi connectivity index (χ1n) is 7.19. The molecule has 1 aromatic heterocycles. The normalized spacial score (nSPS) is 16.7. The number of nitrogens with one attached hydrogen (secondary N) is 1. The van der Waals surface area contributed by atoms with Crippen molar-refractivity contribution in [2.24, 2.45) is 0 Å². The summed E-state index contributed by atoms with van der Waals surface area (Å²) in [6.07, 6.45) is 8.77. The molecule has 0 aromatic carbocycles. The van der Waals surface area contributed by atoms with Gasteiger partial charge in [-0.3, -0.25) is 4.79 Å². The third-order valence-corrected chi connectivity index (χ3v) is 3.48. The summed E-state index contributed by atoms with van der Waals surface area (Å²) < 4.78 is 5.26. The van der Waals surface area contributed by atoms with E-state index >= 15 is 0 Å². The van der Waals surface area contributed by atoms with Crippen LogP contribution in [0.15, 0.2) is 18.3 Å². The summed E-state index contributed by atoms with van der Waals surface area (Å²) >= 11 is 0. The lowest BCUT2D eigenvalue weighted by Crippen LogP contribution is -2.34. The molecule has 0 saturated heterocycles. The van der Waals surface area contributed by atoms with Crippen LogP contribution in [0.5, 0.6) is 5.88 Å². The van der Waals surface area contributed by atoms with E-state index in [0.29, 0.717) is 24.1 Å². The van der Waals surface area contributed by atoms with Gasteiger partial charge in [0.25, 0.3) is 5.91 Å². The number of rotatable bonds is 4. The second-order valence-corrected chi connectivity index (χ2v) is 4.98. The van der Waals surface area contributed by atoms with Crippen molar-refractivity contribution in [3.05, 3.63) is 23.9 Å². The number of carbonyl (C=O) groups is 1. The van der Waals surface area contributed by atoms with E-state index in [0.717, 1.165) is 12.8 Å². The first kappa shape index (κ1) is 13.8. The molecule has 4 nitrogen and oxygen atoms in total. The van der Waals surface area contributed by atoms with E-state index in [9.17, 15) is 4.79 Å². The van der Waals surface area contributed by atoms with Crippen LogP contribution in [0.3, 0.4) is 0 Å². The Labute approximate surface area is 114 Å². The Morgan fingerprint density at radius 2 is 2.05 bits per heavy atom. The lowest BCUT2D eigenvalue weighted by molar-refractivity contribution is 0.0933. The van der Waals surface area contributed by atoms with Crippen molar-refractivity contribution in [3.63, 3.8) is 0 Å². The topological polar surface area (TPSA) is 51.2 Å². The third kappa shape index (κ3) is 4.23. The molecule has 1 aliphatic carbocycles. The zero-order valence-corrected chi connectivity index (χ0v) is 11.5. The molecule has 1 heterocycles. The number of ether oxygens (including phenoxy) is 1. The first-order valence-corrected chi connectivity index (χ1v) is 7.19. The molecule has 104 valence electrons. The van der Waals surface area contributed by atoms with Gasteiger partial charge in [0, 0.05) is 18.3 Å². The number of hydrogen-bond acceptors (Lipinski definition) is 3. The van der Waals surface area contributed by atoms with E-state index in [1.807, 2.05) is 6.92 Å². The van der Waals surface area contributed by atoms with Crippen LogP contribution in [0.1, 0.15) is 55.8 Å². The van der Waals surface area contributed by atoms with E-state index in [1.165, 1.54) is 25.7 Å². The van der Waals surface area contributed by atoms with Gasteiger partial charge < -0.3 is 10.1 Å². The van der Waals surface area contributed by atoms with Gasteiger partial charge in [0.15, 0.2) is 0 Å². The SMILES string of the molecule is CCOc1ccc(C(=O)NC2CCCCCC2)cn1. The Balaban J connectivity index is 1.91. The summed E-state index contributed by atoms with van der Waals surface area (Å²) in [5.74, 6) is 0.538. The van der Waals surface area contributed by atoms with Gasteiger partial charge in [-0.25, -0.2) is 4.98 Å². The molecule has 1 fully saturated rings. The Morgan fingerprint density at radius 3 is 2.63 bits per heavy atom. The molecule has 4 heteroatoms. The number of nitrogens with zero attached hydrogens (tertiary/aromatic N) is 1. The summed E-state index contributed by atoms with van der Waals surface area (Å²) in [7, 11) is 0. The van der Waals surface area contributed by atoms with Crippen molar-refractivity contribution in [2.45, 2.75) is 51.5 Å². The summed E-state index contributed by atoms with van der Waals surface area (Å²) in [6.45, 7) is 2.50. The second kappa shape index (κ2) is 7.12. The summed E-state index contributed by atoms with van der Waals surface area (Å²) in [4.78, 5) is 16.2. The largest absolute Gasteiger partial charge is 0.478 e. The standard InChI is InChI=1S/C15H22N2O2/c1-2-19-14-10-9-12(11-16-14)15(18)17-13-7-5-3-4-6-8-13/h9-11,13H,2-8H2,1H3,(H,17,18).